The molecule has 4 N–H and O–H groups in total. The van der Waals surface area contributed by atoms with Crippen LogP contribution < -0.4 is 4.74 Å². The summed E-state index contributed by atoms with van der Waals surface area (Å²) in [5.41, 5.74) is 4.07. The van der Waals surface area contributed by atoms with Crippen molar-refractivity contribution in [2.45, 2.75) is 31.6 Å². The van der Waals surface area contributed by atoms with Crippen LogP contribution in [-0.4, -0.2) is 39.5 Å². The number of hydrogen-bond donors (Lipinski definition) is 4. The largest absolute Gasteiger partial charge is 0.508 e. The molecule has 1 aliphatic heterocycles. The van der Waals surface area contributed by atoms with Crippen LogP contribution in [0.3, 0.4) is 0 Å². The summed E-state index contributed by atoms with van der Waals surface area (Å²) in [6.07, 6.45) is 0.864. The lowest BCUT2D eigenvalue weighted by atomic mass is 9.89. The average Bonchev–Trinajstić information content (AvgIpc) is 2.93. The number of methoxy groups -OCH3 is 1. The lowest BCUT2D eigenvalue weighted by Crippen LogP contribution is -2.25. The molecular formula is C32H30O8. The zero-order chi connectivity index (χ0) is 28.8. The Morgan fingerprint density at radius 2 is 1.50 bits per heavy atom. The van der Waals surface area contributed by atoms with Crippen molar-refractivity contribution in [3.8, 4) is 28.7 Å². The highest BCUT2D eigenvalue weighted by atomic mass is 16.5. The number of phenolic OH excluding ortho intramolecular Hbond substituents is 4. The topological polar surface area (TPSA) is 134 Å². The highest BCUT2D eigenvalue weighted by Crippen LogP contribution is 2.35. The zero-order valence-corrected chi connectivity index (χ0v) is 22.1. The van der Waals surface area contributed by atoms with E-state index in [-0.39, 0.29) is 40.9 Å². The van der Waals surface area contributed by atoms with Gasteiger partial charge in [0.25, 0.3) is 0 Å². The van der Waals surface area contributed by atoms with Crippen molar-refractivity contribution < 1.29 is 39.5 Å². The fourth-order valence-corrected chi connectivity index (χ4v) is 4.50. The predicted octanol–water partition coefficient (Wildman–Crippen LogP) is 5.25. The summed E-state index contributed by atoms with van der Waals surface area (Å²) in [5, 5.41) is 38.0. The molecule has 0 saturated heterocycles. The summed E-state index contributed by atoms with van der Waals surface area (Å²) in [5.74, 6) is -0.651. The summed E-state index contributed by atoms with van der Waals surface area (Å²) >= 11 is 0. The van der Waals surface area contributed by atoms with Crippen LogP contribution in [0.25, 0.3) is 0 Å². The predicted molar refractivity (Wildman–Crippen MR) is 148 cm³/mol. The molecule has 1 aliphatic rings. The minimum Gasteiger partial charge on any atom is -0.508 e. The van der Waals surface area contributed by atoms with Crippen LogP contribution in [0.5, 0.6) is 28.7 Å². The van der Waals surface area contributed by atoms with Crippen molar-refractivity contribution in [3.05, 3.63) is 113 Å². The van der Waals surface area contributed by atoms with Crippen molar-refractivity contribution in [1.29, 1.82) is 0 Å². The van der Waals surface area contributed by atoms with Gasteiger partial charge >= 0.3 is 11.9 Å². The highest BCUT2D eigenvalue weighted by Gasteiger charge is 2.30. The van der Waals surface area contributed by atoms with Gasteiger partial charge in [-0.15, -0.1) is 0 Å². The molecule has 2 unspecified atom stereocenters. The standard InChI is InChI=1S/C17H18O4.C15H12O4/c1-11-3-4-13(16(19)9-11)10-15(17(20)21-2)12-5-7-14(18)8-6-12;16-11-4-1-9(2-5-11)13-7-10-3-6-12(17)8-14(10)19-15(13)18/h3-9,15,18-19H,10H2,1-2H3;1-6,8,13,16-17H,7H2. The third-order valence-corrected chi connectivity index (χ3v) is 6.71. The van der Waals surface area contributed by atoms with Gasteiger partial charge in [0.1, 0.15) is 28.7 Å². The molecule has 4 aromatic carbocycles. The van der Waals surface area contributed by atoms with E-state index in [0.717, 1.165) is 22.3 Å². The Morgan fingerprint density at radius 1 is 0.875 bits per heavy atom. The van der Waals surface area contributed by atoms with Crippen molar-refractivity contribution in [2.24, 2.45) is 0 Å². The van der Waals surface area contributed by atoms with Gasteiger partial charge in [0.2, 0.25) is 0 Å². The molecule has 5 rings (SSSR count). The van der Waals surface area contributed by atoms with E-state index in [1.165, 1.54) is 25.3 Å². The monoisotopic (exact) mass is 542 g/mol. The molecule has 2 atom stereocenters. The molecule has 0 aromatic heterocycles. The molecule has 206 valence electrons. The Morgan fingerprint density at radius 3 is 2.12 bits per heavy atom. The normalized spacial score (nSPS) is 14.7. The number of rotatable bonds is 5. The van der Waals surface area contributed by atoms with Crippen molar-refractivity contribution in [3.63, 3.8) is 0 Å². The third kappa shape index (κ3) is 6.71. The maximum absolute atomic E-state index is 12.0. The quantitative estimate of drug-likeness (QED) is 0.199. The first-order valence-corrected chi connectivity index (χ1v) is 12.6. The first-order valence-electron chi connectivity index (χ1n) is 12.6. The molecular weight excluding hydrogens is 512 g/mol. The molecule has 0 saturated carbocycles. The first kappa shape index (κ1) is 28.0. The van der Waals surface area contributed by atoms with E-state index in [0.29, 0.717) is 24.2 Å². The molecule has 0 amide bonds. The van der Waals surface area contributed by atoms with E-state index < -0.39 is 5.92 Å². The van der Waals surface area contributed by atoms with Gasteiger partial charge in [0.15, 0.2) is 0 Å². The molecule has 0 spiro atoms. The number of carbonyl (C=O) groups excluding carboxylic acids is 2. The maximum atomic E-state index is 12.0. The molecule has 0 aliphatic carbocycles. The van der Waals surface area contributed by atoms with Crippen LogP contribution >= 0.6 is 0 Å². The Labute approximate surface area is 231 Å². The van der Waals surface area contributed by atoms with E-state index in [2.05, 4.69) is 0 Å². The SMILES string of the molecule is COC(=O)C(Cc1ccc(C)cc1O)c1ccc(O)cc1.O=C1Oc2cc(O)ccc2CC1c1ccc(O)cc1. The highest BCUT2D eigenvalue weighted by molar-refractivity contribution is 5.83. The van der Waals surface area contributed by atoms with E-state index >= 15 is 0 Å². The Kier molecular flexibility index (Phi) is 8.59. The minimum absolute atomic E-state index is 0.0784. The number of phenols is 4. The van der Waals surface area contributed by atoms with Gasteiger partial charge < -0.3 is 29.9 Å². The van der Waals surface area contributed by atoms with E-state index in [1.54, 1.807) is 60.7 Å². The third-order valence-electron chi connectivity index (χ3n) is 6.71. The number of aromatic hydroxyl groups is 4. The summed E-state index contributed by atoms with van der Waals surface area (Å²) in [6, 6.07) is 23.1. The number of ether oxygens (including phenoxy) is 2. The average molecular weight is 543 g/mol. The fraction of sp³-hybridized carbons (Fsp3) is 0.188. The molecule has 40 heavy (non-hydrogen) atoms. The number of esters is 2. The number of hydrogen-bond acceptors (Lipinski definition) is 8. The van der Waals surface area contributed by atoms with E-state index in [4.69, 9.17) is 9.47 Å². The molecule has 8 nitrogen and oxygen atoms in total. The van der Waals surface area contributed by atoms with Gasteiger partial charge in [-0.1, -0.05) is 42.5 Å². The summed E-state index contributed by atoms with van der Waals surface area (Å²) < 4.78 is 10.1. The van der Waals surface area contributed by atoms with Gasteiger partial charge in [-0.05, 0) is 84.0 Å². The summed E-state index contributed by atoms with van der Waals surface area (Å²) in [4.78, 5) is 24.0. The van der Waals surface area contributed by atoms with Crippen molar-refractivity contribution >= 4 is 11.9 Å². The molecule has 0 radical (unpaired) electrons. The number of carbonyl (C=O) groups is 2. The van der Waals surface area contributed by atoms with Crippen molar-refractivity contribution in [2.75, 3.05) is 7.11 Å². The van der Waals surface area contributed by atoms with Gasteiger partial charge in [0, 0.05) is 6.07 Å². The van der Waals surface area contributed by atoms with Crippen LogP contribution in [0.15, 0.2) is 84.9 Å². The first-order chi connectivity index (χ1) is 19.1. The number of benzene rings is 4. The number of aryl methyl sites for hydroxylation is 1. The Bertz CT molecular complexity index is 1490. The van der Waals surface area contributed by atoms with Crippen LogP contribution in [0, 0.1) is 6.92 Å². The van der Waals surface area contributed by atoms with Crippen LogP contribution in [0.1, 0.15) is 39.7 Å². The van der Waals surface area contributed by atoms with E-state index in [1.807, 2.05) is 13.0 Å². The smallest absolute Gasteiger partial charge is 0.319 e. The van der Waals surface area contributed by atoms with Gasteiger partial charge in [-0.2, -0.15) is 0 Å². The second kappa shape index (κ2) is 12.3. The van der Waals surface area contributed by atoms with Gasteiger partial charge in [0.05, 0.1) is 18.9 Å². The summed E-state index contributed by atoms with van der Waals surface area (Å²) in [7, 11) is 1.34. The lowest BCUT2D eigenvalue weighted by Gasteiger charge is -2.23. The van der Waals surface area contributed by atoms with Crippen LogP contribution in [0.4, 0.5) is 0 Å². The Hall–Kier alpha value is -4.98. The molecule has 1 heterocycles. The lowest BCUT2D eigenvalue weighted by molar-refractivity contribution is -0.142. The number of fused-ring (bicyclic) bond motifs is 1. The van der Waals surface area contributed by atoms with Crippen molar-refractivity contribution in [1.82, 2.24) is 0 Å². The summed E-state index contributed by atoms with van der Waals surface area (Å²) in [6.45, 7) is 1.89. The second-order valence-electron chi connectivity index (χ2n) is 9.56. The molecule has 4 aromatic rings. The second-order valence-corrected chi connectivity index (χ2v) is 9.56. The molecule has 8 heteroatoms. The minimum atomic E-state index is -0.524. The van der Waals surface area contributed by atoms with Crippen LogP contribution in [-0.2, 0) is 27.2 Å². The maximum Gasteiger partial charge on any atom is 0.319 e. The van der Waals surface area contributed by atoms with Crippen LogP contribution in [0.2, 0.25) is 0 Å². The zero-order valence-electron chi connectivity index (χ0n) is 22.1. The molecule has 0 bridgehead atoms. The Balaban J connectivity index is 0.000000186. The van der Waals surface area contributed by atoms with E-state index in [9.17, 15) is 30.0 Å². The fourth-order valence-electron chi connectivity index (χ4n) is 4.50. The van der Waals surface area contributed by atoms with Gasteiger partial charge in [-0.3, -0.25) is 9.59 Å². The molecule has 0 fully saturated rings. The van der Waals surface area contributed by atoms with Gasteiger partial charge in [-0.25, -0.2) is 0 Å².